The van der Waals surface area contributed by atoms with Crippen molar-refractivity contribution in [1.29, 1.82) is 0 Å². The van der Waals surface area contributed by atoms with E-state index < -0.39 is 25.7 Å². The maximum atomic E-state index is 12.6. The van der Waals surface area contributed by atoms with Gasteiger partial charge in [-0.2, -0.15) is 0 Å². The number of amides is 1. The molecule has 31 heavy (non-hydrogen) atoms. The second-order valence-electron chi connectivity index (χ2n) is 7.14. The van der Waals surface area contributed by atoms with E-state index in [-0.39, 0.29) is 17.4 Å². The number of halogens is 2. The van der Waals surface area contributed by atoms with Crippen molar-refractivity contribution in [3.8, 4) is 17.2 Å². The monoisotopic (exact) mass is 574 g/mol. The van der Waals surface area contributed by atoms with Crippen LogP contribution in [-0.4, -0.2) is 35.8 Å². The van der Waals surface area contributed by atoms with Gasteiger partial charge in [-0.3, -0.25) is 4.79 Å². The molecule has 0 saturated heterocycles. The summed E-state index contributed by atoms with van der Waals surface area (Å²) in [5, 5.41) is 12.6. The number of carbonyl (C=O) groups excluding carboxylic acids is 2. The summed E-state index contributed by atoms with van der Waals surface area (Å²) in [4.78, 5) is 24.5. The predicted octanol–water partition coefficient (Wildman–Crippen LogP) is 5.74. The van der Waals surface area contributed by atoms with E-state index in [9.17, 15) is 19.3 Å². The second-order valence-corrected chi connectivity index (χ2v) is 10.4. The highest BCUT2D eigenvalue weighted by Crippen LogP contribution is 2.40. The molecule has 2 aromatic carbocycles. The maximum absolute atomic E-state index is 12.6. The van der Waals surface area contributed by atoms with Crippen LogP contribution in [0.2, 0.25) is 0 Å². The van der Waals surface area contributed by atoms with Gasteiger partial charge in [0.2, 0.25) is 0 Å². The van der Waals surface area contributed by atoms with Gasteiger partial charge < -0.3 is 19.9 Å². The SMILES string of the molecule is CC(C)OC(=O)C(C)NC(=O)c1cc(Oc2c(Br)cc(C[P+](C)=O)cc2Br)ccc1O. The largest absolute Gasteiger partial charge is 0.507 e. The summed E-state index contributed by atoms with van der Waals surface area (Å²) in [6, 6.07) is 6.96. The third kappa shape index (κ3) is 7.30. The van der Waals surface area contributed by atoms with Crippen molar-refractivity contribution in [2.45, 2.75) is 39.1 Å². The molecule has 0 saturated carbocycles. The minimum Gasteiger partial charge on any atom is -0.507 e. The molecule has 0 radical (unpaired) electrons. The molecular formula is C21H23Br2NO6P+. The predicted molar refractivity (Wildman–Crippen MR) is 125 cm³/mol. The lowest BCUT2D eigenvalue weighted by Crippen LogP contribution is -2.40. The van der Waals surface area contributed by atoms with Crippen LogP contribution in [0.4, 0.5) is 0 Å². The summed E-state index contributed by atoms with van der Waals surface area (Å²) in [5.74, 6) is -0.708. The van der Waals surface area contributed by atoms with Crippen LogP contribution in [0.15, 0.2) is 39.3 Å². The van der Waals surface area contributed by atoms with Gasteiger partial charge in [0.15, 0.2) is 11.9 Å². The van der Waals surface area contributed by atoms with Gasteiger partial charge >= 0.3 is 13.8 Å². The molecule has 0 aromatic heterocycles. The van der Waals surface area contributed by atoms with Crippen LogP contribution in [0.25, 0.3) is 0 Å². The highest BCUT2D eigenvalue weighted by atomic mass is 79.9. The van der Waals surface area contributed by atoms with Crippen LogP contribution in [0.1, 0.15) is 36.7 Å². The van der Waals surface area contributed by atoms with Crippen molar-refractivity contribution >= 4 is 51.5 Å². The number of hydrogen-bond acceptors (Lipinski definition) is 6. The number of nitrogens with one attached hydrogen (secondary N) is 1. The van der Waals surface area contributed by atoms with Crippen molar-refractivity contribution in [3.63, 3.8) is 0 Å². The van der Waals surface area contributed by atoms with Gasteiger partial charge in [0.25, 0.3) is 5.91 Å². The van der Waals surface area contributed by atoms with Crippen LogP contribution in [0, 0.1) is 0 Å². The Morgan fingerprint density at radius 2 is 1.74 bits per heavy atom. The lowest BCUT2D eigenvalue weighted by atomic mass is 10.1. The maximum Gasteiger partial charge on any atom is 0.340 e. The van der Waals surface area contributed by atoms with Crippen LogP contribution in [-0.2, 0) is 20.3 Å². The Bertz CT molecular complexity index is 988. The lowest BCUT2D eigenvalue weighted by Gasteiger charge is -2.16. The average Bonchev–Trinajstić information content (AvgIpc) is 2.64. The molecule has 10 heteroatoms. The second kappa shape index (κ2) is 11.1. The Hall–Kier alpha value is -1.96. The van der Waals surface area contributed by atoms with Crippen molar-refractivity contribution in [1.82, 2.24) is 5.32 Å². The first-order chi connectivity index (χ1) is 14.5. The van der Waals surface area contributed by atoms with E-state index >= 15 is 0 Å². The van der Waals surface area contributed by atoms with Gasteiger partial charge in [0, 0.05) is 5.56 Å². The molecule has 2 N–H and O–H groups in total. The Morgan fingerprint density at radius 1 is 1.13 bits per heavy atom. The molecular weight excluding hydrogens is 553 g/mol. The van der Waals surface area contributed by atoms with Gasteiger partial charge in [-0.05, 0) is 83.0 Å². The summed E-state index contributed by atoms with van der Waals surface area (Å²) in [5.41, 5.74) is 0.830. The summed E-state index contributed by atoms with van der Waals surface area (Å²) in [6.45, 7) is 6.59. The first-order valence-electron chi connectivity index (χ1n) is 9.36. The van der Waals surface area contributed by atoms with Gasteiger partial charge in [0.05, 0.1) is 20.6 Å². The fourth-order valence-corrected chi connectivity index (χ4v) is 4.74. The van der Waals surface area contributed by atoms with Gasteiger partial charge in [-0.1, -0.05) is 4.57 Å². The van der Waals surface area contributed by atoms with Crippen LogP contribution in [0.5, 0.6) is 17.2 Å². The Labute approximate surface area is 198 Å². The Kier molecular flexibility index (Phi) is 9.03. The van der Waals surface area contributed by atoms with Gasteiger partial charge in [0.1, 0.15) is 24.2 Å². The summed E-state index contributed by atoms with van der Waals surface area (Å²) in [7, 11) is -1.33. The Morgan fingerprint density at radius 3 is 2.29 bits per heavy atom. The summed E-state index contributed by atoms with van der Waals surface area (Å²) < 4.78 is 23.8. The van der Waals surface area contributed by atoms with E-state index in [1.54, 1.807) is 20.5 Å². The van der Waals surface area contributed by atoms with E-state index in [4.69, 9.17) is 9.47 Å². The third-order valence-electron chi connectivity index (χ3n) is 3.95. The molecule has 2 atom stereocenters. The van der Waals surface area contributed by atoms with Gasteiger partial charge in [-0.25, -0.2) is 4.79 Å². The number of phenols is 1. The highest BCUT2D eigenvalue weighted by molar-refractivity contribution is 9.11. The molecule has 0 aliphatic carbocycles. The van der Waals surface area contributed by atoms with Crippen LogP contribution >= 0.6 is 39.7 Å². The summed E-state index contributed by atoms with van der Waals surface area (Å²) >= 11 is 6.89. The zero-order valence-electron chi connectivity index (χ0n) is 17.4. The normalized spacial score (nSPS) is 12.3. The fraction of sp³-hybridized carbons (Fsp3) is 0.333. The minimum atomic E-state index is -1.33. The van der Waals surface area contributed by atoms with Crippen molar-refractivity contribution < 1.29 is 28.7 Å². The Balaban J connectivity index is 2.22. The molecule has 0 spiro atoms. The molecule has 7 nitrogen and oxygen atoms in total. The number of ether oxygens (including phenoxy) is 2. The first-order valence-corrected chi connectivity index (χ1v) is 12.8. The average molecular weight is 576 g/mol. The standard InChI is InChI=1S/C21H22Br2NO6P/c1-11(2)29-21(27)12(3)24-20(26)15-9-14(5-6-18(15)25)30-19-16(22)7-13(8-17(19)23)10-31(4)28/h5-9,11-12H,10H2,1-4H3,(H-,24,25,26)/p+1. The van der Waals surface area contributed by atoms with Crippen molar-refractivity contribution in [3.05, 3.63) is 50.4 Å². The van der Waals surface area contributed by atoms with E-state index in [1.807, 2.05) is 12.1 Å². The molecule has 2 rings (SSSR count). The third-order valence-corrected chi connectivity index (χ3v) is 5.94. The highest BCUT2D eigenvalue weighted by Gasteiger charge is 2.22. The number of esters is 1. The molecule has 0 bridgehead atoms. The molecule has 166 valence electrons. The van der Waals surface area contributed by atoms with E-state index in [1.165, 1.54) is 25.1 Å². The smallest absolute Gasteiger partial charge is 0.340 e. The number of benzene rings is 2. The molecule has 2 unspecified atom stereocenters. The molecule has 1 amide bonds. The molecule has 0 aliphatic rings. The number of carbonyl (C=O) groups is 2. The van der Waals surface area contributed by atoms with Gasteiger partial charge in [-0.15, -0.1) is 0 Å². The van der Waals surface area contributed by atoms with Crippen molar-refractivity contribution in [2.75, 3.05) is 6.66 Å². The topological polar surface area (TPSA) is 102 Å². The molecule has 0 aliphatic heterocycles. The minimum absolute atomic E-state index is 0.0476. The van der Waals surface area contributed by atoms with Crippen LogP contribution in [0.3, 0.4) is 0 Å². The van der Waals surface area contributed by atoms with Crippen LogP contribution < -0.4 is 10.1 Å². The first kappa shape index (κ1) is 25.3. The van der Waals surface area contributed by atoms with E-state index in [0.29, 0.717) is 26.6 Å². The summed E-state index contributed by atoms with van der Waals surface area (Å²) in [6.07, 6.45) is 0.131. The quantitative estimate of drug-likeness (QED) is 0.307. The molecule has 0 fully saturated rings. The van der Waals surface area contributed by atoms with Crippen molar-refractivity contribution in [2.24, 2.45) is 0 Å². The number of hydrogen-bond donors (Lipinski definition) is 2. The van der Waals surface area contributed by atoms with E-state index in [0.717, 1.165) is 5.56 Å². The number of aromatic hydroxyl groups is 1. The molecule has 2 aromatic rings. The molecule has 0 heterocycles. The zero-order chi connectivity index (χ0) is 23.3. The number of phenolic OH excluding ortho intramolecular Hbond substituents is 1. The fourth-order valence-electron chi connectivity index (χ4n) is 2.60. The lowest BCUT2D eigenvalue weighted by molar-refractivity contribution is -0.149. The number of rotatable bonds is 8. The zero-order valence-corrected chi connectivity index (χ0v) is 21.5. The van der Waals surface area contributed by atoms with E-state index in [2.05, 4.69) is 37.2 Å².